The van der Waals surface area contributed by atoms with E-state index in [1.165, 1.54) is 0 Å². The van der Waals surface area contributed by atoms with Gasteiger partial charge in [0.1, 0.15) is 11.5 Å². The maximum Gasteiger partial charge on any atom is 0.372 e. The van der Waals surface area contributed by atoms with Crippen molar-refractivity contribution >= 4 is 18.6 Å². The molecule has 0 fully saturated rings. The second kappa shape index (κ2) is 2.75. The first-order valence-electron chi connectivity index (χ1n) is 4.38. The standard InChI is InChI=1S/C10H7O4P/c11-15(12)13-8-5-1-3-7-4-2-6-9(14-15)10(7)8/h1-6H,(H,11,12)/p-1. The number of benzene rings is 2. The largest absolute Gasteiger partial charge is 0.736 e. The third-order valence-corrected chi connectivity index (χ3v) is 3.09. The smallest absolute Gasteiger partial charge is 0.372 e. The highest BCUT2D eigenvalue weighted by molar-refractivity contribution is 7.46. The van der Waals surface area contributed by atoms with Crippen LogP contribution < -0.4 is 13.9 Å². The Bertz CT molecular complexity index is 548. The maximum atomic E-state index is 11.2. The van der Waals surface area contributed by atoms with Gasteiger partial charge in [0.15, 0.2) is 0 Å². The Morgan fingerprint density at radius 3 is 2.07 bits per heavy atom. The summed E-state index contributed by atoms with van der Waals surface area (Å²) in [6.45, 7) is 0. The van der Waals surface area contributed by atoms with Crippen LogP contribution in [0, 0.1) is 0 Å². The topological polar surface area (TPSA) is 58.6 Å². The second-order valence-corrected chi connectivity index (χ2v) is 4.50. The lowest BCUT2D eigenvalue weighted by atomic mass is 10.1. The third-order valence-electron chi connectivity index (χ3n) is 2.25. The van der Waals surface area contributed by atoms with Crippen LogP contribution in [0.4, 0.5) is 0 Å². The molecule has 3 rings (SSSR count). The number of hydrogen-bond donors (Lipinski definition) is 0. The molecule has 0 aromatic heterocycles. The Kier molecular flexibility index (Phi) is 1.61. The fourth-order valence-corrected chi connectivity index (χ4v) is 2.51. The molecule has 2 aromatic rings. The van der Waals surface area contributed by atoms with Crippen LogP contribution in [-0.2, 0) is 4.57 Å². The molecule has 0 saturated heterocycles. The Morgan fingerprint density at radius 2 is 1.53 bits per heavy atom. The predicted molar refractivity (Wildman–Crippen MR) is 52.8 cm³/mol. The van der Waals surface area contributed by atoms with Crippen molar-refractivity contribution < 1.29 is 18.5 Å². The zero-order chi connectivity index (χ0) is 10.5. The second-order valence-electron chi connectivity index (χ2n) is 3.24. The van der Waals surface area contributed by atoms with Crippen LogP contribution >= 0.6 is 7.82 Å². The SMILES string of the molecule is O=P1([O-])Oc2cccc3cccc(c23)O1. The molecular weight excluding hydrogens is 215 g/mol. The predicted octanol–water partition coefficient (Wildman–Crippen LogP) is 2.08. The van der Waals surface area contributed by atoms with E-state index in [9.17, 15) is 9.46 Å². The van der Waals surface area contributed by atoms with E-state index >= 15 is 0 Å². The first-order chi connectivity index (χ1) is 7.16. The van der Waals surface area contributed by atoms with Crippen LogP contribution in [0.2, 0.25) is 0 Å². The van der Waals surface area contributed by atoms with Crippen LogP contribution in [0.25, 0.3) is 10.8 Å². The van der Waals surface area contributed by atoms with Gasteiger partial charge in [-0.3, -0.25) is 0 Å². The normalized spacial score (nSPS) is 16.9. The zero-order valence-electron chi connectivity index (χ0n) is 7.54. The summed E-state index contributed by atoms with van der Waals surface area (Å²) in [5.41, 5.74) is 0. The molecule has 0 spiro atoms. The zero-order valence-corrected chi connectivity index (χ0v) is 8.44. The summed E-state index contributed by atoms with van der Waals surface area (Å²) in [6.07, 6.45) is 0. The van der Waals surface area contributed by atoms with Gasteiger partial charge in [-0.1, -0.05) is 24.3 Å². The Labute approximate surface area is 85.7 Å². The molecule has 0 saturated carbocycles. The molecule has 4 nitrogen and oxygen atoms in total. The highest BCUT2D eigenvalue weighted by Crippen LogP contribution is 2.51. The molecule has 5 heteroatoms. The van der Waals surface area contributed by atoms with E-state index in [1.54, 1.807) is 24.3 Å². The van der Waals surface area contributed by atoms with Gasteiger partial charge in [0.25, 0.3) is 0 Å². The lowest BCUT2D eigenvalue weighted by Gasteiger charge is -2.29. The molecule has 0 N–H and O–H groups in total. The van der Waals surface area contributed by atoms with E-state index in [1.807, 2.05) is 12.1 Å². The molecule has 0 atom stereocenters. The number of rotatable bonds is 0. The van der Waals surface area contributed by atoms with Crippen molar-refractivity contribution in [2.24, 2.45) is 0 Å². The van der Waals surface area contributed by atoms with Gasteiger partial charge in [0.2, 0.25) is 0 Å². The molecule has 0 unspecified atom stereocenters. The molecule has 0 bridgehead atoms. The van der Waals surface area contributed by atoms with Gasteiger partial charge >= 0.3 is 7.82 Å². The van der Waals surface area contributed by atoms with E-state index in [0.29, 0.717) is 16.9 Å². The summed E-state index contributed by atoms with van der Waals surface area (Å²) >= 11 is 0. The van der Waals surface area contributed by atoms with Crippen LogP contribution in [0.1, 0.15) is 0 Å². The molecule has 76 valence electrons. The number of phosphoric acid groups is 1. The monoisotopic (exact) mass is 221 g/mol. The summed E-state index contributed by atoms with van der Waals surface area (Å²) in [5.74, 6) is 0.653. The number of phosphoric ester groups is 1. The van der Waals surface area contributed by atoms with Gasteiger partial charge in [-0.15, -0.1) is 0 Å². The van der Waals surface area contributed by atoms with Gasteiger partial charge in [-0.05, 0) is 17.5 Å². The fraction of sp³-hybridized carbons (Fsp3) is 0. The van der Waals surface area contributed by atoms with E-state index in [4.69, 9.17) is 9.05 Å². The maximum absolute atomic E-state index is 11.2. The van der Waals surface area contributed by atoms with E-state index < -0.39 is 7.82 Å². The van der Waals surface area contributed by atoms with Crippen LogP contribution in [0.15, 0.2) is 36.4 Å². The molecule has 1 heterocycles. The first kappa shape index (κ1) is 8.77. The fourth-order valence-electron chi connectivity index (χ4n) is 1.68. The van der Waals surface area contributed by atoms with E-state index in [2.05, 4.69) is 0 Å². The molecule has 0 aliphatic carbocycles. The minimum absolute atomic E-state index is 0.327. The average Bonchev–Trinajstić information content (AvgIpc) is 2.16. The summed E-state index contributed by atoms with van der Waals surface area (Å²) in [4.78, 5) is 11.2. The molecule has 1 aliphatic rings. The minimum Gasteiger partial charge on any atom is -0.736 e. The quantitative estimate of drug-likeness (QED) is 0.639. The van der Waals surface area contributed by atoms with Crippen molar-refractivity contribution in [3.8, 4) is 11.5 Å². The van der Waals surface area contributed by atoms with Gasteiger partial charge in [-0.2, -0.15) is 0 Å². The van der Waals surface area contributed by atoms with Gasteiger partial charge in [-0.25, -0.2) is 4.57 Å². The van der Waals surface area contributed by atoms with Crippen molar-refractivity contribution in [2.45, 2.75) is 0 Å². The van der Waals surface area contributed by atoms with Gasteiger partial charge in [0, 0.05) is 0 Å². The van der Waals surface area contributed by atoms with Gasteiger partial charge in [0.05, 0.1) is 5.39 Å². The van der Waals surface area contributed by atoms with Crippen molar-refractivity contribution in [1.29, 1.82) is 0 Å². The van der Waals surface area contributed by atoms with Crippen molar-refractivity contribution in [3.05, 3.63) is 36.4 Å². The minimum atomic E-state index is -4.23. The van der Waals surface area contributed by atoms with Crippen molar-refractivity contribution in [3.63, 3.8) is 0 Å². The van der Waals surface area contributed by atoms with Crippen LogP contribution in [0.3, 0.4) is 0 Å². The highest BCUT2D eigenvalue weighted by Gasteiger charge is 2.23. The lowest BCUT2D eigenvalue weighted by Crippen LogP contribution is -2.16. The summed E-state index contributed by atoms with van der Waals surface area (Å²) < 4.78 is 20.8. The lowest BCUT2D eigenvalue weighted by molar-refractivity contribution is -0.209. The molecule has 1 aliphatic heterocycles. The molecular formula is C10H6O4P-. The van der Waals surface area contributed by atoms with E-state index in [0.717, 1.165) is 5.39 Å². The highest BCUT2D eigenvalue weighted by atomic mass is 31.2. The van der Waals surface area contributed by atoms with Crippen molar-refractivity contribution in [2.75, 3.05) is 0 Å². The Hall–Kier alpha value is -1.51. The van der Waals surface area contributed by atoms with Crippen molar-refractivity contribution in [1.82, 2.24) is 0 Å². The van der Waals surface area contributed by atoms with Crippen LogP contribution in [-0.4, -0.2) is 0 Å². The summed E-state index contributed by atoms with van der Waals surface area (Å²) in [6, 6.07) is 10.4. The van der Waals surface area contributed by atoms with Gasteiger partial charge < -0.3 is 13.9 Å². The molecule has 15 heavy (non-hydrogen) atoms. The Morgan fingerprint density at radius 1 is 1.00 bits per heavy atom. The third kappa shape index (κ3) is 1.30. The molecule has 0 amide bonds. The van der Waals surface area contributed by atoms with E-state index in [-0.39, 0.29) is 0 Å². The number of hydrogen-bond acceptors (Lipinski definition) is 4. The average molecular weight is 221 g/mol. The summed E-state index contributed by atoms with van der Waals surface area (Å²) in [7, 11) is -4.23. The molecule has 2 aromatic carbocycles. The molecule has 0 radical (unpaired) electrons. The summed E-state index contributed by atoms with van der Waals surface area (Å²) in [5, 5.41) is 1.59. The Balaban J connectivity index is 2.41. The van der Waals surface area contributed by atoms with Crippen LogP contribution in [0.5, 0.6) is 11.5 Å². The first-order valence-corrected chi connectivity index (χ1v) is 5.84.